The molecule has 1 aliphatic carbocycles. The summed E-state index contributed by atoms with van der Waals surface area (Å²) < 4.78 is 13.0. The number of aryl methyl sites for hydroxylation is 2. The fourth-order valence-electron chi connectivity index (χ4n) is 8.82. The number of aromatic nitrogens is 4. The van der Waals surface area contributed by atoms with Crippen LogP contribution in [-0.2, 0) is 38.9 Å². The third-order valence-electron chi connectivity index (χ3n) is 12.1. The molecule has 0 unspecified atom stereocenters. The van der Waals surface area contributed by atoms with Crippen molar-refractivity contribution in [2.75, 3.05) is 0 Å². The molecule has 4 heterocycles. The van der Waals surface area contributed by atoms with Gasteiger partial charge in [-0.25, -0.2) is 9.97 Å². The average Bonchev–Trinajstić information content (AvgIpc) is 3.35. The van der Waals surface area contributed by atoms with Gasteiger partial charge >= 0.3 is 118 Å². The van der Waals surface area contributed by atoms with E-state index in [2.05, 4.69) is 9.97 Å². The van der Waals surface area contributed by atoms with E-state index in [9.17, 15) is 49.8 Å². The van der Waals surface area contributed by atoms with E-state index in [0.717, 1.165) is 35.7 Å². The number of carbonyl (C=O) groups is 4. The maximum Gasteiger partial charge on any atom is 1.00 e. The molecule has 0 aliphatic heterocycles. The van der Waals surface area contributed by atoms with Crippen molar-refractivity contribution in [2.24, 2.45) is 0 Å². The Labute approximate surface area is 524 Å². The van der Waals surface area contributed by atoms with Crippen molar-refractivity contribution in [1.82, 2.24) is 19.9 Å². The monoisotopic (exact) mass is 1050 g/mol. The summed E-state index contributed by atoms with van der Waals surface area (Å²) in [4.78, 5) is 69.4. The standard InChI is InChI=1S/C56H44N4O12.4Na/c1-29-7-3-11-45(57-29)47-13-5-9-43(59-47)27-71-51-35-15-31-19-39(53(63)64)21-33(49(31)61)17-37-25-42(56(69)70)26-38(52(37)72-28-44-10-6-14-48(60-44)46-12-4-8-30(2)58-46)18-34-22-40(54(65)66)20-32(50(34)62)16-36(51)24-41(23-35)55(67)68;;;;/h3-14,19-26,61-62H,15-18,27-28H2,1-2H3,(H,63,64)(H,65,66)(H,67,68)(H,69,70);;;;/q;4*+1/p-4. The second-order valence-corrected chi connectivity index (χ2v) is 17.3. The van der Waals surface area contributed by atoms with Gasteiger partial charge in [0.05, 0.1) is 58.0 Å². The Hall–Kier alpha value is -5.44. The Morgan fingerprint density at radius 2 is 0.658 bits per heavy atom. The van der Waals surface area contributed by atoms with E-state index in [1.165, 1.54) is 24.3 Å². The zero-order valence-corrected chi connectivity index (χ0v) is 50.6. The van der Waals surface area contributed by atoms with Crippen LogP contribution in [0.15, 0.2) is 121 Å². The molecule has 20 heteroatoms. The first kappa shape index (κ1) is 61.4. The third-order valence-corrected chi connectivity index (χ3v) is 12.1. The Balaban J connectivity index is 0.00000267. The third kappa shape index (κ3) is 14.2. The Morgan fingerprint density at radius 1 is 0.408 bits per heavy atom. The van der Waals surface area contributed by atoms with E-state index in [-0.39, 0.29) is 235 Å². The van der Waals surface area contributed by atoms with Crippen molar-refractivity contribution in [1.29, 1.82) is 0 Å². The molecule has 4 aromatic heterocycles. The number of pyridine rings is 4. The molecule has 0 saturated heterocycles. The summed E-state index contributed by atoms with van der Waals surface area (Å²) in [6.45, 7) is 3.27. The molecule has 16 nitrogen and oxygen atoms in total. The van der Waals surface area contributed by atoms with Crippen molar-refractivity contribution in [3.63, 3.8) is 0 Å². The van der Waals surface area contributed by atoms with Gasteiger partial charge in [-0.1, -0.05) is 24.3 Å². The van der Waals surface area contributed by atoms with Crippen LogP contribution in [-0.4, -0.2) is 54.0 Å². The van der Waals surface area contributed by atoms with Crippen molar-refractivity contribution < 1.29 is 178 Å². The van der Waals surface area contributed by atoms with Gasteiger partial charge in [0, 0.05) is 37.1 Å². The van der Waals surface area contributed by atoms with Crippen LogP contribution in [0.5, 0.6) is 23.0 Å². The number of nitrogens with zero attached hydrogens (tertiary/aromatic N) is 4. The SMILES string of the molecule is Cc1cccc(-c2cccc(COc3c4cc(C(=O)[O-])cc3Cc3cc(C(=O)[O-])cc(c3O)Cc3cc(C(=O)[O-])cc(c3OCc3cccc(-c5cccc(C)n5)n3)Cc3cc(C(=O)[O-])cc(c3O)C4)n2)n1.[Na+].[Na+].[Na+].[Na+]. The molecule has 9 rings (SSSR count). The van der Waals surface area contributed by atoms with Crippen LogP contribution in [0.25, 0.3) is 22.8 Å². The first-order valence-electron chi connectivity index (χ1n) is 22.5. The van der Waals surface area contributed by atoms with Crippen LogP contribution in [0.4, 0.5) is 0 Å². The minimum Gasteiger partial charge on any atom is -0.545 e. The van der Waals surface area contributed by atoms with E-state index >= 15 is 0 Å². The van der Waals surface area contributed by atoms with E-state index in [4.69, 9.17) is 19.4 Å². The van der Waals surface area contributed by atoms with Crippen LogP contribution >= 0.6 is 0 Å². The molecule has 0 amide bonds. The first-order chi connectivity index (χ1) is 34.6. The topological polar surface area (TPSA) is 271 Å². The molecular formula is C56H40N4Na4O12. The van der Waals surface area contributed by atoms with Crippen molar-refractivity contribution in [3.8, 4) is 45.8 Å². The fraction of sp³-hybridized carbons (Fsp3) is 0.143. The number of hydrogen-bond donors (Lipinski definition) is 2. The Kier molecular flexibility index (Phi) is 21.6. The van der Waals surface area contributed by atoms with Crippen LogP contribution in [0.1, 0.15) is 109 Å². The second kappa shape index (κ2) is 26.7. The molecule has 8 aromatic rings. The average molecular weight is 1050 g/mol. The molecule has 0 spiro atoms. The minimum absolute atomic E-state index is 0. The molecule has 0 radical (unpaired) electrons. The Bertz CT molecular complexity index is 3210. The van der Waals surface area contributed by atoms with E-state index in [1.54, 1.807) is 48.5 Å². The van der Waals surface area contributed by atoms with Crippen LogP contribution in [0.3, 0.4) is 0 Å². The Morgan fingerprint density at radius 3 is 0.921 bits per heavy atom. The van der Waals surface area contributed by atoms with Gasteiger partial charge in [-0.2, -0.15) is 0 Å². The maximum atomic E-state index is 12.7. The number of rotatable bonds is 12. The number of benzene rings is 4. The summed E-state index contributed by atoms with van der Waals surface area (Å²) in [5.41, 5.74) is 3.56. The van der Waals surface area contributed by atoms with Crippen molar-refractivity contribution in [2.45, 2.75) is 52.7 Å². The predicted molar refractivity (Wildman–Crippen MR) is 251 cm³/mol. The largest absolute Gasteiger partial charge is 1.00 e. The van der Waals surface area contributed by atoms with Crippen LogP contribution < -0.4 is 148 Å². The smallest absolute Gasteiger partial charge is 0.545 e. The van der Waals surface area contributed by atoms with Gasteiger partial charge < -0.3 is 59.3 Å². The number of hydrogen-bond acceptors (Lipinski definition) is 16. The molecule has 1 aliphatic rings. The number of carboxylic acid groups (broad SMARTS) is 4. The van der Waals surface area contributed by atoms with Crippen molar-refractivity contribution >= 4 is 23.9 Å². The molecule has 8 bridgehead atoms. The molecule has 0 atom stereocenters. The zero-order valence-electron chi connectivity index (χ0n) is 42.6. The van der Waals surface area contributed by atoms with E-state index in [1.807, 2.05) is 38.1 Å². The van der Waals surface area contributed by atoms with Crippen LogP contribution in [0.2, 0.25) is 0 Å². The molecule has 4 aromatic carbocycles. The first-order valence-corrected chi connectivity index (χ1v) is 22.5. The number of carboxylic acids is 4. The number of ether oxygens (including phenoxy) is 2. The number of phenolic OH excluding ortho intramolecular Hbond substituents is 2. The normalized spacial score (nSPS) is 11.3. The maximum absolute atomic E-state index is 12.7. The van der Waals surface area contributed by atoms with Gasteiger partial charge in [-0.3, -0.25) is 9.97 Å². The van der Waals surface area contributed by atoms with Gasteiger partial charge in [0.15, 0.2) is 0 Å². The summed E-state index contributed by atoms with van der Waals surface area (Å²) in [5, 5.41) is 75.1. The number of fused-ring (bicyclic) bond motifs is 8. The number of aromatic hydroxyl groups is 2. The summed E-state index contributed by atoms with van der Waals surface area (Å²) in [6, 6.07) is 31.0. The number of phenols is 2. The number of aromatic carboxylic acids is 4. The second-order valence-electron chi connectivity index (χ2n) is 17.3. The van der Waals surface area contributed by atoms with Crippen LogP contribution in [0, 0.1) is 13.8 Å². The molecule has 360 valence electrons. The zero-order chi connectivity index (χ0) is 50.8. The van der Waals surface area contributed by atoms with Gasteiger partial charge in [0.1, 0.15) is 36.2 Å². The van der Waals surface area contributed by atoms with Gasteiger partial charge in [0.25, 0.3) is 0 Å². The minimum atomic E-state index is -1.62. The summed E-state index contributed by atoms with van der Waals surface area (Å²) in [6.07, 6.45) is -1.48. The summed E-state index contributed by atoms with van der Waals surface area (Å²) >= 11 is 0. The van der Waals surface area contributed by atoms with Crippen molar-refractivity contribution in [3.05, 3.63) is 211 Å². The van der Waals surface area contributed by atoms with E-state index < -0.39 is 35.4 Å². The van der Waals surface area contributed by atoms with E-state index in [0.29, 0.717) is 34.2 Å². The molecule has 0 saturated carbocycles. The predicted octanol–water partition coefficient (Wildman–Crippen LogP) is -8.07. The fourth-order valence-corrected chi connectivity index (χ4v) is 8.82. The van der Waals surface area contributed by atoms with Gasteiger partial charge in [0.2, 0.25) is 0 Å². The summed E-state index contributed by atoms with van der Waals surface area (Å²) in [5.74, 6) is -7.21. The molecular weight excluding hydrogens is 1010 g/mol. The molecule has 76 heavy (non-hydrogen) atoms. The molecule has 2 N–H and O–H groups in total. The number of carbonyl (C=O) groups excluding carboxylic acids is 4. The quantitative estimate of drug-likeness (QED) is 0.108. The van der Waals surface area contributed by atoms with Gasteiger partial charge in [-0.15, -0.1) is 0 Å². The van der Waals surface area contributed by atoms with Gasteiger partial charge in [-0.05, 0) is 178 Å². The molecule has 0 fully saturated rings. The summed E-state index contributed by atoms with van der Waals surface area (Å²) in [7, 11) is 0.